The average Bonchev–Trinajstić information content (AvgIpc) is 3.48. The van der Waals surface area contributed by atoms with Crippen LogP contribution >= 0.6 is 11.8 Å². The number of carbonyl (C=O) groups is 1. The highest BCUT2D eigenvalue weighted by Gasteiger charge is 2.18. The molecule has 0 spiro atoms. The van der Waals surface area contributed by atoms with E-state index in [0.717, 1.165) is 23.0 Å². The van der Waals surface area contributed by atoms with Crippen molar-refractivity contribution in [3.8, 4) is 22.9 Å². The Morgan fingerprint density at radius 2 is 1.71 bits per heavy atom. The van der Waals surface area contributed by atoms with Crippen molar-refractivity contribution >= 4 is 23.4 Å². The third-order valence-electron chi connectivity index (χ3n) is 5.43. The smallest absolute Gasteiger partial charge is 0.234 e. The SMILES string of the molecule is COc1ccc(-n2c(Cc3cccn3C)nnc2SCC(=O)Nc2cc(OC)ccc2OC)cc1. The van der Waals surface area contributed by atoms with Crippen LogP contribution in [-0.4, -0.2) is 52.3 Å². The fourth-order valence-corrected chi connectivity index (χ4v) is 4.34. The van der Waals surface area contributed by atoms with Crippen molar-refractivity contribution in [3.63, 3.8) is 0 Å². The van der Waals surface area contributed by atoms with Crippen LogP contribution in [0.4, 0.5) is 5.69 Å². The first-order valence-corrected chi connectivity index (χ1v) is 11.8. The maximum atomic E-state index is 12.8. The van der Waals surface area contributed by atoms with Gasteiger partial charge in [-0.3, -0.25) is 9.36 Å². The molecule has 2 aromatic carbocycles. The largest absolute Gasteiger partial charge is 0.497 e. The number of nitrogens with zero attached hydrogens (tertiary/aromatic N) is 4. The number of ether oxygens (including phenoxy) is 3. The molecule has 9 nitrogen and oxygen atoms in total. The van der Waals surface area contributed by atoms with Crippen molar-refractivity contribution in [2.24, 2.45) is 7.05 Å². The lowest BCUT2D eigenvalue weighted by Gasteiger charge is -2.13. The fourth-order valence-electron chi connectivity index (χ4n) is 3.57. The Morgan fingerprint density at radius 3 is 2.37 bits per heavy atom. The van der Waals surface area contributed by atoms with E-state index in [0.29, 0.717) is 28.8 Å². The molecule has 0 saturated heterocycles. The van der Waals surface area contributed by atoms with Crippen LogP contribution in [0.3, 0.4) is 0 Å². The van der Waals surface area contributed by atoms with E-state index in [1.165, 1.54) is 11.8 Å². The van der Waals surface area contributed by atoms with Crippen molar-refractivity contribution in [1.82, 2.24) is 19.3 Å². The third-order valence-corrected chi connectivity index (χ3v) is 6.36. The predicted molar refractivity (Wildman–Crippen MR) is 135 cm³/mol. The second-order valence-corrected chi connectivity index (χ2v) is 8.57. The Labute approximate surface area is 208 Å². The van der Waals surface area contributed by atoms with Gasteiger partial charge >= 0.3 is 0 Å². The number of carbonyl (C=O) groups excluding carboxylic acids is 1. The van der Waals surface area contributed by atoms with Crippen molar-refractivity contribution in [2.45, 2.75) is 11.6 Å². The topological polar surface area (TPSA) is 92.4 Å². The lowest BCUT2D eigenvalue weighted by atomic mass is 10.2. The fraction of sp³-hybridized carbons (Fsp3) is 0.240. The van der Waals surface area contributed by atoms with E-state index >= 15 is 0 Å². The van der Waals surface area contributed by atoms with Crippen molar-refractivity contribution in [3.05, 3.63) is 72.3 Å². The summed E-state index contributed by atoms with van der Waals surface area (Å²) < 4.78 is 19.9. The monoisotopic (exact) mass is 493 g/mol. The molecule has 0 aliphatic rings. The summed E-state index contributed by atoms with van der Waals surface area (Å²) in [5.74, 6) is 2.64. The van der Waals surface area contributed by atoms with Gasteiger partial charge in [-0.05, 0) is 48.5 Å². The molecule has 2 heterocycles. The average molecular weight is 494 g/mol. The summed E-state index contributed by atoms with van der Waals surface area (Å²) in [6.45, 7) is 0. The van der Waals surface area contributed by atoms with E-state index in [4.69, 9.17) is 14.2 Å². The molecule has 0 saturated carbocycles. The second kappa shape index (κ2) is 11.0. The summed E-state index contributed by atoms with van der Waals surface area (Å²) >= 11 is 1.31. The van der Waals surface area contributed by atoms with E-state index in [1.807, 2.05) is 48.1 Å². The van der Waals surface area contributed by atoms with Crippen LogP contribution in [0.1, 0.15) is 11.5 Å². The molecule has 10 heteroatoms. The molecule has 4 aromatic rings. The molecular formula is C25H27N5O4S. The quantitative estimate of drug-likeness (QED) is 0.334. The molecule has 2 aromatic heterocycles. The summed E-state index contributed by atoms with van der Waals surface area (Å²) in [6.07, 6.45) is 2.59. The van der Waals surface area contributed by atoms with E-state index < -0.39 is 0 Å². The molecule has 0 bridgehead atoms. The molecule has 0 unspecified atom stereocenters. The van der Waals surface area contributed by atoms with E-state index in [2.05, 4.69) is 26.1 Å². The highest BCUT2D eigenvalue weighted by molar-refractivity contribution is 7.99. The van der Waals surface area contributed by atoms with E-state index in [9.17, 15) is 4.79 Å². The zero-order valence-electron chi connectivity index (χ0n) is 20.0. The van der Waals surface area contributed by atoms with Gasteiger partial charge in [0.1, 0.15) is 23.1 Å². The van der Waals surface area contributed by atoms with Crippen LogP contribution in [0.2, 0.25) is 0 Å². The summed E-state index contributed by atoms with van der Waals surface area (Å²) in [7, 11) is 6.75. The van der Waals surface area contributed by atoms with Crippen molar-refractivity contribution < 1.29 is 19.0 Å². The van der Waals surface area contributed by atoms with E-state index in [1.54, 1.807) is 39.5 Å². The summed E-state index contributed by atoms with van der Waals surface area (Å²) in [4.78, 5) is 12.8. The van der Waals surface area contributed by atoms with Gasteiger partial charge in [-0.1, -0.05) is 11.8 Å². The minimum atomic E-state index is -0.199. The number of hydrogen-bond acceptors (Lipinski definition) is 7. The highest BCUT2D eigenvalue weighted by atomic mass is 32.2. The zero-order chi connectivity index (χ0) is 24.8. The van der Waals surface area contributed by atoms with Crippen molar-refractivity contribution in [2.75, 3.05) is 32.4 Å². The Hall–Kier alpha value is -3.92. The molecule has 0 aliphatic heterocycles. The van der Waals surface area contributed by atoms with Crippen LogP contribution in [-0.2, 0) is 18.3 Å². The van der Waals surface area contributed by atoms with Gasteiger partial charge in [-0.15, -0.1) is 10.2 Å². The normalized spacial score (nSPS) is 10.7. The molecule has 0 radical (unpaired) electrons. The molecule has 1 amide bonds. The number of aryl methyl sites for hydroxylation is 1. The van der Waals surface area contributed by atoms with Crippen molar-refractivity contribution in [1.29, 1.82) is 0 Å². The number of rotatable bonds is 10. The van der Waals surface area contributed by atoms with Gasteiger partial charge in [0.25, 0.3) is 0 Å². The van der Waals surface area contributed by atoms with Gasteiger partial charge in [0.05, 0.1) is 32.8 Å². The van der Waals surface area contributed by atoms with Crippen LogP contribution in [0.25, 0.3) is 5.69 Å². The molecule has 35 heavy (non-hydrogen) atoms. The Morgan fingerprint density at radius 1 is 0.971 bits per heavy atom. The lowest BCUT2D eigenvalue weighted by molar-refractivity contribution is -0.113. The molecule has 0 fully saturated rings. The summed E-state index contributed by atoms with van der Waals surface area (Å²) in [5.41, 5.74) is 2.53. The van der Waals surface area contributed by atoms with Gasteiger partial charge in [0, 0.05) is 37.1 Å². The van der Waals surface area contributed by atoms with Crippen LogP contribution in [0.5, 0.6) is 17.2 Å². The highest BCUT2D eigenvalue weighted by Crippen LogP contribution is 2.30. The van der Waals surface area contributed by atoms with Crippen LogP contribution in [0.15, 0.2) is 66.0 Å². The minimum absolute atomic E-state index is 0.138. The first kappa shape index (κ1) is 24.2. The molecule has 182 valence electrons. The second-order valence-electron chi connectivity index (χ2n) is 7.62. The zero-order valence-corrected chi connectivity index (χ0v) is 20.8. The number of aromatic nitrogens is 4. The Kier molecular flexibility index (Phi) is 7.61. The molecular weight excluding hydrogens is 466 g/mol. The first-order chi connectivity index (χ1) is 17.0. The number of hydrogen-bond donors (Lipinski definition) is 1. The Balaban J connectivity index is 1.56. The number of methoxy groups -OCH3 is 3. The molecule has 1 N–H and O–H groups in total. The molecule has 0 atom stereocenters. The summed E-state index contributed by atoms with van der Waals surface area (Å²) in [5, 5.41) is 12.3. The number of nitrogens with one attached hydrogen (secondary N) is 1. The maximum Gasteiger partial charge on any atom is 0.234 e. The van der Waals surface area contributed by atoms with Gasteiger partial charge in [-0.2, -0.15) is 0 Å². The summed E-state index contributed by atoms with van der Waals surface area (Å²) in [6, 6.07) is 17.0. The van der Waals surface area contributed by atoms with Gasteiger partial charge in [-0.25, -0.2) is 0 Å². The van der Waals surface area contributed by atoms with Crippen LogP contribution < -0.4 is 19.5 Å². The lowest BCUT2D eigenvalue weighted by Crippen LogP contribution is -2.15. The number of amides is 1. The van der Waals surface area contributed by atoms with Gasteiger partial charge < -0.3 is 24.1 Å². The molecule has 0 aliphatic carbocycles. The van der Waals surface area contributed by atoms with Gasteiger partial charge in [0.15, 0.2) is 5.16 Å². The third kappa shape index (κ3) is 5.60. The number of benzene rings is 2. The number of thioether (sulfide) groups is 1. The van der Waals surface area contributed by atoms with Gasteiger partial charge in [0.2, 0.25) is 5.91 Å². The number of anilines is 1. The first-order valence-electron chi connectivity index (χ1n) is 10.9. The van der Waals surface area contributed by atoms with E-state index in [-0.39, 0.29) is 11.7 Å². The predicted octanol–water partition coefficient (Wildman–Crippen LogP) is 3.95. The molecule has 4 rings (SSSR count). The minimum Gasteiger partial charge on any atom is -0.497 e. The van der Waals surface area contributed by atoms with Crippen LogP contribution in [0, 0.1) is 0 Å². The maximum absolute atomic E-state index is 12.8. The standard InChI is InChI=1S/C25H27N5O4S/c1-29-13-5-6-18(29)14-23-27-28-25(30(23)17-7-9-19(32-2)10-8-17)35-16-24(31)26-21-15-20(33-3)11-12-22(21)34-4/h5-13,15H,14,16H2,1-4H3,(H,26,31). The Bertz CT molecular complexity index is 1300.